The van der Waals surface area contributed by atoms with Gasteiger partial charge in [-0.15, -0.1) is 0 Å². The first-order valence-electron chi connectivity index (χ1n) is 7.48. The van der Waals surface area contributed by atoms with Gasteiger partial charge in [0.25, 0.3) is 5.91 Å². The summed E-state index contributed by atoms with van der Waals surface area (Å²) < 4.78 is 2.74. The van der Waals surface area contributed by atoms with Crippen LogP contribution in [0.3, 0.4) is 0 Å². The molecule has 4 aromatic rings. The third kappa shape index (κ3) is 2.79. The van der Waals surface area contributed by atoms with E-state index in [2.05, 4.69) is 21.5 Å². The van der Waals surface area contributed by atoms with Crippen molar-refractivity contribution in [1.82, 2.24) is 14.8 Å². The molecule has 0 bridgehead atoms. The van der Waals surface area contributed by atoms with E-state index in [0.29, 0.717) is 10.7 Å². The Hall–Kier alpha value is -2.99. The van der Waals surface area contributed by atoms with E-state index < -0.39 is 0 Å². The van der Waals surface area contributed by atoms with Crippen molar-refractivity contribution in [3.63, 3.8) is 0 Å². The van der Waals surface area contributed by atoms with Gasteiger partial charge in [-0.25, -0.2) is 9.67 Å². The Morgan fingerprint density at radius 3 is 2.83 bits per heavy atom. The van der Waals surface area contributed by atoms with Crippen molar-refractivity contribution in [2.75, 3.05) is 5.32 Å². The van der Waals surface area contributed by atoms with Crippen LogP contribution >= 0.6 is 11.3 Å². The summed E-state index contributed by atoms with van der Waals surface area (Å²) in [6.07, 6.45) is 3.27. The second kappa shape index (κ2) is 5.90. The molecule has 0 atom stereocenters. The highest BCUT2D eigenvalue weighted by molar-refractivity contribution is 7.22. The van der Waals surface area contributed by atoms with Crippen LogP contribution in [0.15, 0.2) is 60.9 Å². The molecule has 24 heavy (non-hydrogen) atoms. The van der Waals surface area contributed by atoms with Crippen LogP contribution < -0.4 is 5.32 Å². The highest BCUT2D eigenvalue weighted by Gasteiger charge is 2.12. The van der Waals surface area contributed by atoms with Crippen LogP contribution in [0.25, 0.3) is 15.9 Å². The maximum absolute atomic E-state index is 12.4. The number of amides is 1. The number of aryl methyl sites for hydroxylation is 1. The molecule has 0 radical (unpaired) electrons. The van der Waals surface area contributed by atoms with Crippen molar-refractivity contribution < 1.29 is 4.79 Å². The number of para-hydroxylation sites is 1. The molecule has 0 aliphatic carbocycles. The summed E-state index contributed by atoms with van der Waals surface area (Å²) in [5, 5.41) is 7.68. The van der Waals surface area contributed by atoms with E-state index in [-0.39, 0.29) is 5.91 Å². The highest BCUT2D eigenvalue weighted by atomic mass is 32.1. The van der Waals surface area contributed by atoms with Crippen LogP contribution in [-0.2, 0) is 0 Å². The summed E-state index contributed by atoms with van der Waals surface area (Å²) in [7, 11) is 0. The number of nitrogens with zero attached hydrogens (tertiary/aromatic N) is 3. The summed E-state index contributed by atoms with van der Waals surface area (Å²) in [4.78, 5) is 16.8. The molecule has 0 saturated carbocycles. The maximum atomic E-state index is 12.4. The standard InChI is InChI=1S/C18H14N4OS/c1-12-7-8-15-16(9-12)24-18(20-15)21-17(23)13-10-19-22(11-13)14-5-3-2-4-6-14/h2-11H,1H3,(H,20,21,23). The molecule has 1 amide bonds. The number of anilines is 1. The Bertz CT molecular complexity index is 1020. The van der Waals surface area contributed by atoms with Crippen LogP contribution in [0.4, 0.5) is 5.13 Å². The lowest BCUT2D eigenvalue weighted by atomic mass is 10.2. The number of hydrogen-bond acceptors (Lipinski definition) is 4. The fourth-order valence-electron chi connectivity index (χ4n) is 2.42. The van der Waals surface area contributed by atoms with Crippen LogP contribution in [0.1, 0.15) is 15.9 Å². The zero-order chi connectivity index (χ0) is 16.5. The molecule has 6 heteroatoms. The fraction of sp³-hybridized carbons (Fsp3) is 0.0556. The van der Waals surface area contributed by atoms with Crippen molar-refractivity contribution >= 4 is 32.6 Å². The van der Waals surface area contributed by atoms with Crippen molar-refractivity contribution in [3.8, 4) is 5.69 Å². The van der Waals surface area contributed by atoms with E-state index in [9.17, 15) is 4.79 Å². The molecule has 0 fully saturated rings. The topological polar surface area (TPSA) is 59.8 Å². The molecule has 2 aromatic carbocycles. The first-order valence-corrected chi connectivity index (χ1v) is 8.29. The van der Waals surface area contributed by atoms with Gasteiger partial charge >= 0.3 is 0 Å². The molecule has 118 valence electrons. The summed E-state index contributed by atoms with van der Waals surface area (Å²) in [5.41, 5.74) is 3.47. The SMILES string of the molecule is Cc1ccc2nc(NC(=O)c3cnn(-c4ccccc4)c3)sc2c1. The number of fused-ring (bicyclic) bond motifs is 1. The van der Waals surface area contributed by atoms with Gasteiger partial charge in [0, 0.05) is 6.20 Å². The monoisotopic (exact) mass is 334 g/mol. The van der Waals surface area contributed by atoms with Crippen LogP contribution in [0.5, 0.6) is 0 Å². The fourth-order valence-corrected chi connectivity index (χ4v) is 3.38. The van der Waals surface area contributed by atoms with Gasteiger partial charge in [0.2, 0.25) is 0 Å². The van der Waals surface area contributed by atoms with Gasteiger partial charge in [-0.2, -0.15) is 5.10 Å². The Morgan fingerprint density at radius 2 is 2.00 bits per heavy atom. The molecule has 2 aromatic heterocycles. The lowest BCUT2D eigenvalue weighted by Crippen LogP contribution is -2.10. The van der Waals surface area contributed by atoms with Gasteiger partial charge in [0.15, 0.2) is 5.13 Å². The largest absolute Gasteiger partial charge is 0.298 e. The van der Waals surface area contributed by atoms with Crippen LogP contribution in [0.2, 0.25) is 0 Å². The van der Waals surface area contributed by atoms with Gasteiger partial charge in [0.1, 0.15) is 0 Å². The van der Waals surface area contributed by atoms with Gasteiger partial charge in [-0.3, -0.25) is 10.1 Å². The summed E-state index contributed by atoms with van der Waals surface area (Å²) in [6, 6.07) is 15.7. The molecule has 0 spiro atoms. The van der Waals surface area contributed by atoms with Crippen molar-refractivity contribution in [1.29, 1.82) is 0 Å². The van der Waals surface area contributed by atoms with E-state index >= 15 is 0 Å². The predicted octanol–water partition coefficient (Wildman–Crippen LogP) is 4.04. The molecule has 5 nitrogen and oxygen atoms in total. The summed E-state index contributed by atoms with van der Waals surface area (Å²) in [5.74, 6) is -0.215. The molecule has 0 aliphatic heterocycles. The van der Waals surface area contributed by atoms with E-state index in [0.717, 1.165) is 15.9 Å². The normalized spacial score (nSPS) is 10.9. The zero-order valence-corrected chi connectivity index (χ0v) is 13.7. The van der Waals surface area contributed by atoms with E-state index in [1.54, 1.807) is 17.1 Å². The number of nitrogens with one attached hydrogen (secondary N) is 1. The highest BCUT2D eigenvalue weighted by Crippen LogP contribution is 2.27. The van der Waals surface area contributed by atoms with E-state index in [1.807, 2.05) is 49.4 Å². The van der Waals surface area contributed by atoms with Crippen molar-refractivity contribution in [3.05, 3.63) is 72.1 Å². The average Bonchev–Trinajstić information content (AvgIpc) is 3.22. The first kappa shape index (κ1) is 14.6. The molecule has 0 aliphatic rings. The minimum absolute atomic E-state index is 0.215. The number of thiazole rings is 1. The summed E-state index contributed by atoms with van der Waals surface area (Å²) in [6.45, 7) is 2.04. The average molecular weight is 334 g/mol. The Balaban J connectivity index is 1.56. The maximum Gasteiger partial charge on any atom is 0.260 e. The smallest absolute Gasteiger partial charge is 0.260 e. The number of rotatable bonds is 3. The van der Waals surface area contributed by atoms with Gasteiger partial charge in [0.05, 0.1) is 27.7 Å². The molecule has 1 N–H and O–H groups in total. The minimum atomic E-state index is -0.215. The van der Waals surface area contributed by atoms with E-state index in [1.165, 1.54) is 16.9 Å². The van der Waals surface area contributed by atoms with Crippen LogP contribution in [0, 0.1) is 6.92 Å². The molecular formula is C18H14N4OS. The predicted molar refractivity (Wildman–Crippen MR) is 95.9 cm³/mol. The number of hydrogen-bond donors (Lipinski definition) is 1. The first-order chi connectivity index (χ1) is 11.7. The molecule has 2 heterocycles. The third-order valence-corrected chi connectivity index (χ3v) is 4.56. The lowest BCUT2D eigenvalue weighted by Gasteiger charge is -1.99. The van der Waals surface area contributed by atoms with Crippen molar-refractivity contribution in [2.24, 2.45) is 0 Å². The number of carbonyl (C=O) groups excluding carboxylic acids is 1. The second-order valence-electron chi connectivity index (χ2n) is 5.45. The quantitative estimate of drug-likeness (QED) is 0.615. The van der Waals surface area contributed by atoms with Gasteiger partial charge < -0.3 is 0 Å². The number of benzene rings is 2. The zero-order valence-electron chi connectivity index (χ0n) is 12.9. The Kier molecular flexibility index (Phi) is 3.59. The summed E-state index contributed by atoms with van der Waals surface area (Å²) >= 11 is 1.47. The molecule has 0 saturated heterocycles. The lowest BCUT2D eigenvalue weighted by molar-refractivity contribution is 0.102. The van der Waals surface area contributed by atoms with E-state index in [4.69, 9.17) is 0 Å². The van der Waals surface area contributed by atoms with Crippen molar-refractivity contribution in [2.45, 2.75) is 6.92 Å². The molecular weight excluding hydrogens is 320 g/mol. The Labute approximate surface area is 142 Å². The van der Waals surface area contributed by atoms with Gasteiger partial charge in [-0.1, -0.05) is 35.6 Å². The number of aromatic nitrogens is 3. The molecule has 4 rings (SSSR count). The Morgan fingerprint density at radius 1 is 1.17 bits per heavy atom. The second-order valence-corrected chi connectivity index (χ2v) is 6.48. The van der Waals surface area contributed by atoms with Gasteiger partial charge in [-0.05, 0) is 36.8 Å². The number of carbonyl (C=O) groups is 1. The molecule has 0 unspecified atom stereocenters. The third-order valence-electron chi connectivity index (χ3n) is 3.63. The van der Waals surface area contributed by atoms with Crippen LogP contribution in [-0.4, -0.2) is 20.7 Å². The minimum Gasteiger partial charge on any atom is -0.298 e.